The van der Waals surface area contributed by atoms with Gasteiger partial charge in [-0.15, -0.1) is 0 Å². The molecular formula is C9H16N4O2S. The quantitative estimate of drug-likeness (QED) is 0.779. The molecule has 2 N–H and O–H groups in total. The van der Waals surface area contributed by atoms with E-state index >= 15 is 0 Å². The molecule has 0 bridgehead atoms. The normalized spacial score (nSPS) is 20.7. The van der Waals surface area contributed by atoms with Gasteiger partial charge in [-0.25, -0.2) is 13.4 Å². The van der Waals surface area contributed by atoms with Crippen LogP contribution in [-0.2, 0) is 17.1 Å². The van der Waals surface area contributed by atoms with Crippen molar-refractivity contribution in [3.63, 3.8) is 0 Å². The topological polar surface area (TPSA) is 81.2 Å². The van der Waals surface area contributed by atoms with Crippen LogP contribution in [0.4, 0.5) is 0 Å². The Labute approximate surface area is 95.1 Å². The highest BCUT2D eigenvalue weighted by Gasteiger charge is 2.45. The maximum atomic E-state index is 12.0. The van der Waals surface area contributed by atoms with Crippen LogP contribution in [0.3, 0.4) is 0 Å². The third kappa shape index (κ3) is 1.74. The van der Waals surface area contributed by atoms with E-state index in [0.29, 0.717) is 13.1 Å². The Balaban J connectivity index is 2.17. The van der Waals surface area contributed by atoms with E-state index in [-0.39, 0.29) is 10.6 Å². The summed E-state index contributed by atoms with van der Waals surface area (Å²) in [5, 5.41) is 0.0909. The minimum Gasteiger partial charge on any atom is -0.339 e. The number of imidazole rings is 1. The number of hydrogen-bond acceptors (Lipinski definition) is 4. The Hall–Kier alpha value is -0.920. The molecule has 1 aromatic rings. The Bertz CT molecular complexity index is 487. The number of hydrogen-bond donors (Lipinski definition) is 1. The number of aromatic nitrogens is 2. The molecule has 0 radical (unpaired) electrons. The number of nitrogens with zero attached hydrogens (tertiary/aromatic N) is 3. The van der Waals surface area contributed by atoms with E-state index in [9.17, 15) is 8.42 Å². The fraction of sp³-hybridized carbons (Fsp3) is 0.667. The molecule has 0 aromatic carbocycles. The van der Waals surface area contributed by atoms with Gasteiger partial charge in [0.1, 0.15) is 0 Å². The van der Waals surface area contributed by atoms with Crippen LogP contribution >= 0.6 is 0 Å². The maximum Gasteiger partial charge on any atom is 0.262 e. The van der Waals surface area contributed by atoms with E-state index < -0.39 is 10.0 Å². The van der Waals surface area contributed by atoms with Crippen molar-refractivity contribution in [1.29, 1.82) is 0 Å². The molecule has 0 atom stereocenters. The standard InChI is InChI=1S/C9H16N4O2S/c1-3-9(10)5-13(6-9)16(14,15)8-4-12(2)7-11-8/h4,7H,3,5-6,10H2,1-2H3. The molecule has 1 aliphatic heterocycles. The average Bonchev–Trinajstić information content (AvgIpc) is 2.60. The van der Waals surface area contributed by atoms with E-state index in [1.165, 1.54) is 16.8 Å². The van der Waals surface area contributed by atoms with Crippen molar-refractivity contribution in [2.45, 2.75) is 23.9 Å². The first-order valence-corrected chi connectivity index (χ1v) is 6.58. The molecule has 7 heteroatoms. The highest BCUT2D eigenvalue weighted by molar-refractivity contribution is 7.89. The van der Waals surface area contributed by atoms with Crippen molar-refractivity contribution in [2.24, 2.45) is 12.8 Å². The molecule has 6 nitrogen and oxygen atoms in total. The first-order valence-electron chi connectivity index (χ1n) is 5.14. The highest BCUT2D eigenvalue weighted by Crippen LogP contribution is 2.27. The lowest BCUT2D eigenvalue weighted by atomic mass is 9.91. The molecule has 2 rings (SSSR count). The second-order valence-corrected chi connectivity index (χ2v) is 6.25. The lowest BCUT2D eigenvalue weighted by molar-refractivity contribution is 0.153. The van der Waals surface area contributed by atoms with Gasteiger partial charge < -0.3 is 10.3 Å². The predicted molar refractivity (Wildman–Crippen MR) is 59.2 cm³/mol. The van der Waals surface area contributed by atoms with Crippen LogP contribution in [0.5, 0.6) is 0 Å². The molecule has 90 valence electrons. The van der Waals surface area contributed by atoms with Gasteiger partial charge in [-0.2, -0.15) is 4.31 Å². The number of sulfonamides is 1. The molecule has 1 aromatic heterocycles. The molecule has 1 aliphatic rings. The summed E-state index contributed by atoms with van der Waals surface area (Å²) in [5.41, 5.74) is 5.58. The molecule has 1 saturated heterocycles. The molecule has 0 unspecified atom stereocenters. The van der Waals surface area contributed by atoms with Gasteiger partial charge in [0, 0.05) is 31.9 Å². The number of rotatable bonds is 3. The van der Waals surface area contributed by atoms with Crippen LogP contribution in [0.15, 0.2) is 17.6 Å². The minimum atomic E-state index is -3.44. The van der Waals surface area contributed by atoms with Crippen molar-refractivity contribution in [1.82, 2.24) is 13.9 Å². The Morgan fingerprint density at radius 2 is 2.19 bits per heavy atom. The minimum absolute atomic E-state index is 0.0909. The van der Waals surface area contributed by atoms with E-state index in [2.05, 4.69) is 4.98 Å². The van der Waals surface area contributed by atoms with Gasteiger partial charge in [0.25, 0.3) is 10.0 Å². The Kier molecular flexibility index (Phi) is 2.56. The van der Waals surface area contributed by atoms with Gasteiger partial charge in [-0.05, 0) is 6.42 Å². The Morgan fingerprint density at radius 3 is 2.62 bits per heavy atom. The smallest absolute Gasteiger partial charge is 0.262 e. The molecular weight excluding hydrogens is 228 g/mol. The summed E-state index contributed by atoms with van der Waals surface area (Å²) in [6.45, 7) is 2.72. The second kappa shape index (κ2) is 3.54. The molecule has 0 spiro atoms. The van der Waals surface area contributed by atoms with E-state index in [1.807, 2.05) is 6.92 Å². The van der Waals surface area contributed by atoms with Crippen LogP contribution in [-0.4, -0.2) is 40.9 Å². The molecule has 1 fully saturated rings. The van der Waals surface area contributed by atoms with E-state index in [4.69, 9.17) is 5.73 Å². The van der Waals surface area contributed by atoms with Crippen LogP contribution in [0, 0.1) is 0 Å². The van der Waals surface area contributed by atoms with Crippen LogP contribution in [0.1, 0.15) is 13.3 Å². The molecule has 0 amide bonds. The lowest BCUT2D eigenvalue weighted by Gasteiger charge is -2.45. The molecule has 16 heavy (non-hydrogen) atoms. The van der Waals surface area contributed by atoms with Crippen molar-refractivity contribution in [3.8, 4) is 0 Å². The van der Waals surface area contributed by atoms with E-state index in [0.717, 1.165) is 6.42 Å². The second-order valence-electron chi connectivity index (χ2n) is 4.37. The first-order chi connectivity index (χ1) is 7.37. The zero-order chi connectivity index (χ0) is 12.0. The molecule has 0 saturated carbocycles. The lowest BCUT2D eigenvalue weighted by Crippen LogP contribution is -2.68. The van der Waals surface area contributed by atoms with Gasteiger partial charge >= 0.3 is 0 Å². The fourth-order valence-electron chi connectivity index (χ4n) is 1.70. The van der Waals surface area contributed by atoms with Crippen molar-refractivity contribution in [2.75, 3.05) is 13.1 Å². The van der Waals surface area contributed by atoms with E-state index in [1.54, 1.807) is 11.6 Å². The van der Waals surface area contributed by atoms with Gasteiger partial charge in [-0.1, -0.05) is 6.92 Å². The van der Waals surface area contributed by atoms with Crippen LogP contribution in [0.25, 0.3) is 0 Å². The molecule has 0 aliphatic carbocycles. The zero-order valence-corrected chi connectivity index (χ0v) is 10.2. The molecule has 2 heterocycles. The summed E-state index contributed by atoms with van der Waals surface area (Å²) in [5.74, 6) is 0. The van der Waals surface area contributed by atoms with Crippen molar-refractivity contribution < 1.29 is 8.42 Å². The van der Waals surface area contributed by atoms with Gasteiger partial charge in [-0.3, -0.25) is 0 Å². The number of aryl methyl sites for hydroxylation is 1. The van der Waals surface area contributed by atoms with Crippen LogP contribution < -0.4 is 5.73 Å². The number of nitrogens with two attached hydrogens (primary N) is 1. The van der Waals surface area contributed by atoms with Gasteiger partial charge in [0.2, 0.25) is 0 Å². The SMILES string of the molecule is CCC1(N)CN(S(=O)(=O)c2cn(C)cn2)C1. The summed E-state index contributed by atoms with van der Waals surface area (Å²) >= 11 is 0. The maximum absolute atomic E-state index is 12.0. The Morgan fingerprint density at radius 1 is 1.56 bits per heavy atom. The fourth-order valence-corrected chi connectivity index (χ4v) is 3.30. The zero-order valence-electron chi connectivity index (χ0n) is 9.42. The summed E-state index contributed by atoms with van der Waals surface area (Å²) < 4.78 is 27.0. The van der Waals surface area contributed by atoms with Crippen LogP contribution in [0.2, 0.25) is 0 Å². The average molecular weight is 244 g/mol. The third-order valence-electron chi connectivity index (χ3n) is 2.97. The van der Waals surface area contributed by atoms with Crippen molar-refractivity contribution >= 4 is 10.0 Å². The van der Waals surface area contributed by atoms with Crippen molar-refractivity contribution in [3.05, 3.63) is 12.5 Å². The summed E-state index contributed by atoms with van der Waals surface area (Å²) in [4.78, 5) is 3.86. The monoisotopic (exact) mass is 244 g/mol. The first kappa shape index (κ1) is 11.6. The van der Waals surface area contributed by atoms with Gasteiger partial charge in [0.15, 0.2) is 5.03 Å². The summed E-state index contributed by atoms with van der Waals surface area (Å²) in [6, 6.07) is 0. The predicted octanol–water partition coefficient (Wildman–Crippen LogP) is -0.468. The highest BCUT2D eigenvalue weighted by atomic mass is 32.2. The van der Waals surface area contributed by atoms with Gasteiger partial charge in [0.05, 0.1) is 6.33 Å². The summed E-state index contributed by atoms with van der Waals surface area (Å²) in [7, 11) is -1.70. The summed E-state index contributed by atoms with van der Waals surface area (Å²) in [6.07, 6.45) is 3.75. The largest absolute Gasteiger partial charge is 0.339 e. The third-order valence-corrected chi connectivity index (χ3v) is 4.65.